The molecule has 0 amide bonds. The summed E-state index contributed by atoms with van der Waals surface area (Å²) in [5.41, 5.74) is 5.56. The molecule has 4 heterocycles. The standard InChI is InChI=1S/C31H34N8/c1-2-38-14-16-39(17-15-38)21-23-8-10-25(11-9-23)27-18-26-20-33-30(37-31(26)36-27)19-28(24-6-4-3-5-7-24)35-29-12-13-32-22-34-29/h3-13,18,20,22,28H,2,14-17,19,21H2,1H3,(H,32,34,35)(H,33,36,37)/t28-/m1/s1. The molecule has 0 bridgehead atoms. The van der Waals surface area contributed by atoms with Crippen LogP contribution in [-0.4, -0.2) is 67.4 Å². The predicted octanol–water partition coefficient (Wildman–Crippen LogP) is 4.95. The largest absolute Gasteiger partial charge is 0.363 e. The second-order valence-electron chi connectivity index (χ2n) is 10.1. The minimum Gasteiger partial charge on any atom is -0.363 e. The van der Waals surface area contributed by atoms with E-state index in [1.807, 2.05) is 30.5 Å². The Labute approximate surface area is 229 Å². The zero-order chi connectivity index (χ0) is 26.4. The third kappa shape index (κ3) is 6.13. The van der Waals surface area contributed by atoms with E-state index in [0.29, 0.717) is 6.42 Å². The van der Waals surface area contributed by atoms with Crippen LogP contribution < -0.4 is 5.32 Å². The quantitative estimate of drug-likeness (QED) is 0.286. The van der Waals surface area contributed by atoms with Crippen molar-refractivity contribution in [3.63, 3.8) is 0 Å². The zero-order valence-electron chi connectivity index (χ0n) is 22.3. The maximum atomic E-state index is 4.89. The van der Waals surface area contributed by atoms with Gasteiger partial charge in [0.2, 0.25) is 0 Å². The maximum absolute atomic E-state index is 4.89. The second kappa shape index (κ2) is 11.7. The molecule has 8 heteroatoms. The maximum Gasteiger partial charge on any atom is 0.141 e. The lowest BCUT2D eigenvalue weighted by Gasteiger charge is -2.34. The van der Waals surface area contributed by atoms with Gasteiger partial charge in [-0.1, -0.05) is 61.5 Å². The summed E-state index contributed by atoms with van der Waals surface area (Å²) in [4.78, 5) is 26.5. The van der Waals surface area contributed by atoms with Crippen molar-refractivity contribution >= 4 is 16.9 Å². The van der Waals surface area contributed by atoms with Gasteiger partial charge in [-0.05, 0) is 35.4 Å². The van der Waals surface area contributed by atoms with Gasteiger partial charge in [0.05, 0.1) is 6.04 Å². The average Bonchev–Trinajstić information content (AvgIpc) is 3.42. The van der Waals surface area contributed by atoms with Crippen LogP contribution in [0.25, 0.3) is 22.3 Å². The SMILES string of the molecule is CCN1CCN(Cc2ccc(-c3cc4cnc(C[C@@H](Nc5ccncn5)c5ccccc5)nc4[nH]3)cc2)CC1. The monoisotopic (exact) mass is 518 g/mol. The number of H-pyrrole nitrogens is 1. The first kappa shape index (κ1) is 25.2. The predicted molar refractivity (Wildman–Crippen MR) is 155 cm³/mol. The normalized spacial score (nSPS) is 15.4. The van der Waals surface area contributed by atoms with Crippen LogP contribution in [0.5, 0.6) is 0 Å². The van der Waals surface area contributed by atoms with Crippen molar-refractivity contribution in [2.45, 2.75) is 25.9 Å². The number of rotatable bonds is 9. The number of hydrogen-bond donors (Lipinski definition) is 2. The van der Waals surface area contributed by atoms with Crippen LogP contribution in [0.15, 0.2) is 85.5 Å². The Hall–Kier alpha value is -4.14. The van der Waals surface area contributed by atoms with Crippen LogP contribution in [0.3, 0.4) is 0 Å². The van der Waals surface area contributed by atoms with Gasteiger partial charge in [0.1, 0.15) is 23.6 Å². The molecule has 0 radical (unpaired) electrons. The Kier molecular flexibility index (Phi) is 7.56. The van der Waals surface area contributed by atoms with Crippen molar-refractivity contribution in [3.8, 4) is 11.3 Å². The Balaban J connectivity index is 1.16. The van der Waals surface area contributed by atoms with Gasteiger partial charge in [0.15, 0.2) is 0 Å². The van der Waals surface area contributed by atoms with Crippen LogP contribution in [0.4, 0.5) is 5.82 Å². The third-order valence-corrected chi connectivity index (χ3v) is 7.50. The van der Waals surface area contributed by atoms with Gasteiger partial charge in [-0.15, -0.1) is 0 Å². The molecular weight excluding hydrogens is 484 g/mol. The Bertz CT molecular complexity index is 1480. The van der Waals surface area contributed by atoms with Gasteiger partial charge in [0, 0.05) is 62.6 Å². The van der Waals surface area contributed by atoms with E-state index in [0.717, 1.165) is 78.8 Å². The van der Waals surface area contributed by atoms with E-state index in [1.165, 1.54) is 5.56 Å². The number of fused-ring (bicyclic) bond motifs is 1. The third-order valence-electron chi connectivity index (χ3n) is 7.50. The molecular formula is C31H34N8. The molecule has 6 rings (SSSR count). The molecule has 5 aromatic rings. The highest BCUT2D eigenvalue weighted by Crippen LogP contribution is 2.26. The molecule has 0 saturated carbocycles. The smallest absolute Gasteiger partial charge is 0.141 e. The molecule has 1 fully saturated rings. The highest BCUT2D eigenvalue weighted by atomic mass is 15.3. The topological polar surface area (TPSA) is 85.9 Å². The summed E-state index contributed by atoms with van der Waals surface area (Å²) in [6, 6.07) is 23.2. The number of likely N-dealkylation sites (N-methyl/N-ethyl adjacent to an activating group) is 1. The number of nitrogens with one attached hydrogen (secondary N) is 2. The van der Waals surface area contributed by atoms with E-state index >= 15 is 0 Å². The van der Waals surface area contributed by atoms with E-state index in [1.54, 1.807) is 12.5 Å². The van der Waals surface area contributed by atoms with E-state index < -0.39 is 0 Å². The van der Waals surface area contributed by atoms with E-state index in [4.69, 9.17) is 9.97 Å². The molecule has 0 spiro atoms. The molecule has 0 aliphatic carbocycles. The molecule has 1 aliphatic heterocycles. The summed E-state index contributed by atoms with van der Waals surface area (Å²) < 4.78 is 0. The minimum absolute atomic E-state index is 0.0227. The fraction of sp³-hybridized carbons (Fsp3) is 0.290. The highest BCUT2D eigenvalue weighted by molar-refractivity contribution is 5.82. The number of anilines is 1. The lowest BCUT2D eigenvalue weighted by Crippen LogP contribution is -2.45. The van der Waals surface area contributed by atoms with Crippen LogP contribution in [0.2, 0.25) is 0 Å². The van der Waals surface area contributed by atoms with Crippen molar-refractivity contribution in [3.05, 3.63) is 102 Å². The number of hydrogen-bond acceptors (Lipinski definition) is 7. The molecule has 2 N–H and O–H groups in total. The fourth-order valence-electron chi connectivity index (χ4n) is 5.19. The number of aromatic amines is 1. The van der Waals surface area contributed by atoms with Crippen LogP contribution in [0, 0.1) is 0 Å². The first-order valence-electron chi connectivity index (χ1n) is 13.7. The Morgan fingerprint density at radius 3 is 2.46 bits per heavy atom. The minimum atomic E-state index is -0.0227. The second-order valence-corrected chi connectivity index (χ2v) is 10.1. The molecule has 1 saturated heterocycles. The van der Waals surface area contributed by atoms with E-state index in [-0.39, 0.29) is 6.04 Å². The molecule has 0 unspecified atom stereocenters. The first-order chi connectivity index (χ1) is 19.2. The average molecular weight is 519 g/mol. The van der Waals surface area contributed by atoms with Gasteiger partial charge in [0.25, 0.3) is 0 Å². The van der Waals surface area contributed by atoms with Crippen molar-refractivity contribution in [1.29, 1.82) is 0 Å². The van der Waals surface area contributed by atoms with Crippen LogP contribution >= 0.6 is 0 Å². The van der Waals surface area contributed by atoms with Crippen LogP contribution in [-0.2, 0) is 13.0 Å². The summed E-state index contributed by atoms with van der Waals surface area (Å²) in [6.45, 7) is 8.99. The molecule has 3 aromatic heterocycles. The molecule has 2 aromatic carbocycles. The summed E-state index contributed by atoms with van der Waals surface area (Å²) in [5, 5.41) is 4.52. The number of nitrogens with zero attached hydrogens (tertiary/aromatic N) is 6. The van der Waals surface area contributed by atoms with Gasteiger partial charge in [-0.3, -0.25) is 4.90 Å². The van der Waals surface area contributed by atoms with Gasteiger partial charge >= 0.3 is 0 Å². The Morgan fingerprint density at radius 1 is 0.923 bits per heavy atom. The van der Waals surface area contributed by atoms with Crippen molar-refractivity contribution in [2.75, 3.05) is 38.0 Å². The molecule has 1 aliphatic rings. The lowest BCUT2D eigenvalue weighted by molar-refractivity contribution is 0.132. The summed E-state index contributed by atoms with van der Waals surface area (Å²) in [7, 11) is 0. The number of piperazine rings is 1. The van der Waals surface area contributed by atoms with Gasteiger partial charge in [-0.25, -0.2) is 19.9 Å². The highest BCUT2D eigenvalue weighted by Gasteiger charge is 2.17. The van der Waals surface area contributed by atoms with E-state index in [2.05, 4.69) is 79.5 Å². The molecule has 1 atom stereocenters. The van der Waals surface area contributed by atoms with Crippen LogP contribution in [0.1, 0.15) is 29.9 Å². The summed E-state index contributed by atoms with van der Waals surface area (Å²) in [6.07, 6.45) is 5.82. The van der Waals surface area contributed by atoms with Gasteiger partial charge < -0.3 is 15.2 Å². The van der Waals surface area contributed by atoms with Gasteiger partial charge in [-0.2, -0.15) is 0 Å². The van der Waals surface area contributed by atoms with E-state index in [9.17, 15) is 0 Å². The lowest BCUT2D eigenvalue weighted by atomic mass is 10.0. The Morgan fingerprint density at radius 2 is 1.72 bits per heavy atom. The zero-order valence-corrected chi connectivity index (χ0v) is 22.3. The first-order valence-corrected chi connectivity index (χ1v) is 13.7. The number of aromatic nitrogens is 5. The summed E-state index contributed by atoms with van der Waals surface area (Å²) >= 11 is 0. The van der Waals surface area contributed by atoms with Crippen molar-refractivity contribution < 1.29 is 0 Å². The van der Waals surface area contributed by atoms with Crippen molar-refractivity contribution in [1.82, 2.24) is 34.7 Å². The summed E-state index contributed by atoms with van der Waals surface area (Å²) in [5.74, 6) is 1.54. The number of benzene rings is 2. The van der Waals surface area contributed by atoms with Crippen molar-refractivity contribution in [2.24, 2.45) is 0 Å². The fourth-order valence-corrected chi connectivity index (χ4v) is 5.19. The molecule has 198 valence electrons. The molecule has 8 nitrogen and oxygen atoms in total. The molecule has 39 heavy (non-hydrogen) atoms.